The monoisotopic (exact) mass is 485 g/mol. The maximum absolute atomic E-state index is 12.1. The fourth-order valence-electron chi connectivity index (χ4n) is 4.64. The van der Waals surface area contributed by atoms with Crippen LogP contribution in [0.2, 0.25) is 0 Å². The Kier molecular flexibility index (Phi) is 7.10. The number of fused-ring (bicyclic) bond motifs is 1. The van der Waals surface area contributed by atoms with Crippen LogP contribution in [0.3, 0.4) is 0 Å². The van der Waals surface area contributed by atoms with E-state index in [0.717, 1.165) is 22.0 Å². The molecular formula is C25H32BrN3O2. The smallest absolute Gasteiger partial charge is 0.277 e. The van der Waals surface area contributed by atoms with Crippen molar-refractivity contribution in [3.63, 3.8) is 0 Å². The number of aryl methyl sites for hydroxylation is 1. The van der Waals surface area contributed by atoms with Crippen LogP contribution in [-0.2, 0) is 4.79 Å². The number of hydrogen-bond acceptors (Lipinski definition) is 4. The molecule has 0 bridgehead atoms. The second-order valence-electron chi connectivity index (χ2n) is 9.19. The highest BCUT2D eigenvalue weighted by Gasteiger charge is 2.37. The van der Waals surface area contributed by atoms with E-state index in [0.29, 0.717) is 17.7 Å². The van der Waals surface area contributed by atoms with E-state index in [2.05, 4.69) is 85.0 Å². The van der Waals surface area contributed by atoms with E-state index in [1.165, 1.54) is 11.3 Å². The summed E-state index contributed by atoms with van der Waals surface area (Å²) in [7, 11) is 0. The molecule has 0 fully saturated rings. The van der Waals surface area contributed by atoms with Crippen LogP contribution in [0, 0.1) is 6.92 Å². The second kappa shape index (κ2) is 9.43. The SMILES string of the molecule is Cc1cc2c(cc1/C=N/NC(=O)COc1cccc(Br)c1)[C@H](C)CC(C)(C)N2C(C)C. The van der Waals surface area contributed by atoms with Gasteiger partial charge in [0.2, 0.25) is 0 Å². The molecule has 166 valence electrons. The molecule has 1 N–H and O–H groups in total. The van der Waals surface area contributed by atoms with Crippen LogP contribution in [0.1, 0.15) is 63.6 Å². The van der Waals surface area contributed by atoms with E-state index in [1.807, 2.05) is 18.2 Å². The predicted octanol–water partition coefficient (Wildman–Crippen LogP) is 5.79. The fraction of sp³-hybridized carbons (Fsp3) is 0.440. The highest BCUT2D eigenvalue weighted by atomic mass is 79.9. The number of carbonyl (C=O) groups is 1. The van der Waals surface area contributed by atoms with Gasteiger partial charge in [0.1, 0.15) is 5.75 Å². The molecule has 0 aliphatic carbocycles. The van der Waals surface area contributed by atoms with Crippen molar-refractivity contribution in [2.75, 3.05) is 11.5 Å². The first-order chi connectivity index (χ1) is 14.6. The van der Waals surface area contributed by atoms with Crippen molar-refractivity contribution >= 4 is 33.7 Å². The van der Waals surface area contributed by atoms with Gasteiger partial charge in [-0.1, -0.05) is 28.9 Å². The number of halogens is 1. The average molecular weight is 486 g/mol. The molecule has 0 saturated heterocycles. The number of nitrogens with zero attached hydrogens (tertiary/aromatic N) is 2. The Balaban J connectivity index is 1.70. The van der Waals surface area contributed by atoms with Crippen LogP contribution in [0.4, 0.5) is 5.69 Å². The first kappa shape index (κ1) is 23.3. The Morgan fingerprint density at radius 1 is 1.35 bits per heavy atom. The van der Waals surface area contributed by atoms with E-state index < -0.39 is 0 Å². The van der Waals surface area contributed by atoms with Crippen molar-refractivity contribution in [3.8, 4) is 5.75 Å². The summed E-state index contributed by atoms with van der Waals surface area (Å²) in [5, 5.41) is 4.16. The number of anilines is 1. The molecule has 6 heteroatoms. The van der Waals surface area contributed by atoms with Crippen LogP contribution in [-0.4, -0.2) is 30.3 Å². The molecule has 0 aromatic heterocycles. The average Bonchev–Trinajstić information content (AvgIpc) is 2.66. The Morgan fingerprint density at radius 2 is 2.10 bits per heavy atom. The summed E-state index contributed by atoms with van der Waals surface area (Å²) in [6, 6.07) is 12.3. The Morgan fingerprint density at radius 3 is 2.77 bits per heavy atom. The number of nitrogens with one attached hydrogen (secondary N) is 1. The molecule has 1 amide bonds. The van der Waals surface area contributed by atoms with Gasteiger partial charge < -0.3 is 9.64 Å². The van der Waals surface area contributed by atoms with Gasteiger partial charge in [-0.25, -0.2) is 5.43 Å². The van der Waals surface area contributed by atoms with Gasteiger partial charge in [0.25, 0.3) is 5.91 Å². The van der Waals surface area contributed by atoms with E-state index in [9.17, 15) is 4.79 Å². The van der Waals surface area contributed by atoms with E-state index in [1.54, 1.807) is 12.3 Å². The lowest BCUT2D eigenvalue weighted by Gasteiger charge is -2.50. The first-order valence-electron chi connectivity index (χ1n) is 10.7. The number of hydrogen-bond donors (Lipinski definition) is 1. The number of benzene rings is 2. The lowest BCUT2D eigenvalue weighted by molar-refractivity contribution is -0.123. The van der Waals surface area contributed by atoms with Crippen LogP contribution < -0.4 is 15.1 Å². The molecule has 1 aliphatic heterocycles. The highest BCUT2D eigenvalue weighted by molar-refractivity contribution is 9.10. The largest absolute Gasteiger partial charge is 0.484 e. The summed E-state index contributed by atoms with van der Waals surface area (Å²) in [6.45, 7) is 13.4. The maximum Gasteiger partial charge on any atom is 0.277 e. The molecule has 0 unspecified atom stereocenters. The van der Waals surface area contributed by atoms with Gasteiger partial charge in [0.05, 0.1) is 6.21 Å². The van der Waals surface area contributed by atoms with Crippen LogP contribution in [0.25, 0.3) is 0 Å². The molecule has 2 aromatic rings. The molecule has 31 heavy (non-hydrogen) atoms. The topological polar surface area (TPSA) is 53.9 Å². The van der Waals surface area contributed by atoms with Crippen molar-refractivity contribution < 1.29 is 9.53 Å². The number of ether oxygens (including phenoxy) is 1. The molecule has 0 saturated carbocycles. The maximum atomic E-state index is 12.1. The van der Waals surface area contributed by atoms with Crippen molar-refractivity contribution in [2.24, 2.45) is 5.10 Å². The second-order valence-corrected chi connectivity index (χ2v) is 10.1. The normalized spacial score (nSPS) is 17.7. The molecule has 1 atom stereocenters. The number of hydrazone groups is 1. The standard InChI is InChI=1S/C25H32BrN3O2/c1-16(2)29-23-10-17(3)19(11-22(23)18(4)13-25(29,5)6)14-27-28-24(30)15-31-21-9-7-8-20(26)12-21/h7-12,14,16,18H,13,15H2,1-6H3,(H,28,30)/b27-14+/t18-/m1/s1. The third-order valence-corrected chi connectivity index (χ3v) is 6.23. The van der Waals surface area contributed by atoms with Crippen LogP contribution in [0.5, 0.6) is 5.75 Å². The van der Waals surface area contributed by atoms with Gasteiger partial charge in [-0.2, -0.15) is 5.10 Å². The quantitative estimate of drug-likeness (QED) is 0.416. The summed E-state index contributed by atoms with van der Waals surface area (Å²) >= 11 is 3.38. The number of amides is 1. The van der Waals surface area contributed by atoms with Gasteiger partial charge in [0, 0.05) is 21.7 Å². The highest BCUT2D eigenvalue weighted by Crippen LogP contribution is 2.45. The third kappa shape index (κ3) is 5.48. The summed E-state index contributed by atoms with van der Waals surface area (Å²) in [4.78, 5) is 14.6. The molecule has 5 nitrogen and oxygen atoms in total. The van der Waals surface area contributed by atoms with E-state index >= 15 is 0 Å². The Bertz CT molecular complexity index is 985. The van der Waals surface area contributed by atoms with E-state index in [4.69, 9.17) is 4.74 Å². The van der Waals surface area contributed by atoms with Crippen molar-refractivity contribution in [2.45, 2.75) is 65.5 Å². The lowest BCUT2D eigenvalue weighted by Crippen LogP contribution is -2.51. The molecule has 0 radical (unpaired) electrons. The zero-order chi connectivity index (χ0) is 22.8. The first-order valence-corrected chi connectivity index (χ1v) is 11.5. The lowest BCUT2D eigenvalue weighted by atomic mass is 9.78. The zero-order valence-electron chi connectivity index (χ0n) is 19.2. The molecule has 3 rings (SSSR count). The van der Waals surface area contributed by atoms with Crippen molar-refractivity contribution in [1.29, 1.82) is 0 Å². The minimum absolute atomic E-state index is 0.0908. The molecule has 1 heterocycles. The minimum atomic E-state index is -0.298. The van der Waals surface area contributed by atoms with Gasteiger partial charge in [-0.15, -0.1) is 0 Å². The van der Waals surface area contributed by atoms with Crippen molar-refractivity contribution in [1.82, 2.24) is 5.43 Å². The van der Waals surface area contributed by atoms with Gasteiger partial charge in [0.15, 0.2) is 6.61 Å². The zero-order valence-corrected chi connectivity index (χ0v) is 20.8. The Labute approximate surface area is 194 Å². The van der Waals surface area contributed by atoms with Gasteiger partial charge in [-0.05, 0) is 94.0 Å². The van der Waals surface area contributed by atoms with Gasteiger partial charge >= 0.3 is 0 Å². The molecular weight excluding hydrogens is 454 g/mol. The third-order valence-electron chi connectivity index (χ3n) is 5.74. The number of carbonyl (C=O) groups excluding carboxylic acids is 1. The summed E-state index contributed by atoms with van der Waals surface area (Å²) in [5.41, 5.74) is 7.47. The molecule has 0 spiro atoms. The van der Waals surface area contributed by atoms with Crippen molar-refractivity contribution in [3.05, 3.63) is 57.6 Å². The molecule has 1 aliphatic rings. The summed E-state index contributed by atoms with van der Waals surface area (Å²) in [6.07, 6.45) is 2.82. The Hall–Kier alpha value is -2.34. The van der Waals surface area contributed by atoms with Gasteiger partial charge in [-0.3, -0.25) is 4.79 Å². The van der Waals surface area contributed by atoms with Crippen LogP contribution >= 0.6 is 15.9 Å². The van der Waals surface area contributed by atoms with Crippen LogP contribution in [0.15, 0.2) is 46.0 Å². The fourth-order valence-corrected chi connectivity index (χ4v) is 5.02. The number of rotatable bonds is 6. The molecule has 2 aromatic carbocycles. The minimum Gasteiger partial charge on any atom is -0.484 e. The summed E-state index contributed by atoms with van der Waals surface area (Å²) < 4.78 is 6.40. The summed E-state index contributed by atoms with van der Waals surface area (Å²) in [5.74, 6) is 0.791. The predicted molar refractivity (Wildman–Crippen MR) is 131 cm³/mol. The van der Waals surface area contributed by atoms with E-state index in [-0.39, 0.29) is 18.1 Å².